The Bertz CT molecular complexity index is 187. The van der Waals surface area contributed by atoms with E-state index >= 15 is 0 Å². The van der Waals surface area contributed by atoms with Crippen LogP contribution >= 0.6 is 11.8 Å². The Morgan fingerprint density at radius 3 is 2.79 bits per heavy atom. The van der Waals surface area contributed by atoms with Crippen LogP contribution in [0.4, 0.5) is 0 Å². The molecule has 0 aromatic carbocycles. The van der Waals surface area contributed by atoms with Gasteiger partial charge in [0, 0.05) is 30.4 Å². The van der Waals surface area contributed by atoms with E-state index in [-0.39, 0.29) is 0 Å². The number of thioether (sulfide) groups is 1. The average molecular weight is 212 g/mol. The van der Waals surface area contributed by atoms with E-state index in [0.29, 0.717) is 0 Å². The van der Waals surface area contributed by atoms with Crippen LogP contribution in [0.5, 0.6) is 0 Å². The third-order valence-electron chi connectivity index (χ3n) is 4.04. The molecular weight excluding hydrogens is 192 g/mol. The molecule has 0 aromatic heterocycles. The second-order valence-electron chi connectivity index (χ2n) is 4.84. The Hall–Kier alpha value is 0.270. The van der Waals surface area contributed by atoms with Crippen LogP contribution in [-0.4, -0.2) is 47.6 Å². The lowest BCUT2D eigenvalue weighted by Gasteiger charge is -2.33. The molecule has 3 heteroatoms. The molecule has 14 heavy (non-hydrogen) atoms. The highest BCUT2D eigenvalue weighted by molar-refractivity contribution is 7.99. The molecule has 1 N–H and O–H groups in total. The average Bonchev–Trinajstić information content (AvgIpc) is 2.72. The van der Waals surface area contributed by atoms with Gasteiger partial charge >= 0.3 is 0 Å². The molecule has 2 bridgehead atoms. The first-order valence-corrected chi connectivity index (χ1v) is 7.16. The maximum absolute atomic E-state index is 3.58. The SMILES string of the molecule is C1CC2CCC(CN1)N2C1CCSC1. The van der Waals surface area contributed by atoms with Gasteiger partial charge in [0.05, 0.1) is 0 Å². The quantitative estimate of drug-likeness (QED) is 0.706. The van der Waals surface area contributed by atoms with Gasteiger partial charge in [-0.1, -0.05) is 0 Å². The van der Waals surface area contributed by atoms with E-state index in [4.69, 9.17) is 0 Å². The molecule has 3 heterocycles. The zero-order valence-corrected chi connectivity index (χ0v) is 9.56. The number of nitrogens with one attached hydrogen (secondary N) is 1. The predicted molar refractivity (Wildman–Crippen MR) is 61.9 cm³/mol. The van der Waals surface area contributed by atoms with Crippen molar-refractivity contribution in [3.8, 4) is 0 Å². The van der Waals surface area contributed by atoms with E-state index in [1.165, 1.54) is 50.3 Å². The molecule has 0 saturated carbocycles. The van der Waals surface area contributed by atoms with E-state index in [0.717, 1.165) is 18.1 Å². The van der Waals surface area contributed by atoms with Crippen molar-refractivity contribution in [1.82, 2.24) is 10.2 Å². The minimum Gasteiger partial charge on any atom is -0.315 e. The van der Waals surface area contributed by atoms with Crippen molar-refractivity contribution in [1.29, 1.82) is 0 Å². The number of rotatable bonds is 1. The number of hydrogen-bond acceptors (Lipinski definition) is 3. The summed E-state index contributed by atoms with van der Waals surface area (Å²) in [6, 6.07) is 2.70. The second-order valence-corrected chi connectivity index (χ2v) is 5.99. The van der Waals surface area contributed by atoms with E-state index in [1.807, 2.05) is 0 Å². The van der Waals surface area contributed by atoms with Gasteiger partial charge in [-0.3, -0.25) is 4.90 Å². The fraction of sp³-hybridized carbons (Fsp3) is 1.00. The molecule has 0 radical (unpaired) electrons. The first-order chi connectivity index (χ1) is 6.95. The van der Waals surface area contributed by atoms with Crippen molar-refractivity contribution in [2.24, 2.45) is 0 Å². The molecule has 3 unspecified atom stereocenters. The van der Waals surface area contributed by atoms with Gasteiger partial charge in [-0.2, -0.15) is 11.8 Å². The molecule has 3 atom stereocenters. The maximum atomic E-state index is 3.58. The normalized spacial score (nSPS) is 44.1. The van der Waals surface area contributed by atoms with E-state index in [2.05, 4.69) is 22.0 Å². The number of hydrogen-bond donors (Lipinski definition) is 1. The fourth-order valence-corrected chi connectivity index (χ4v) is 4.59. The first-order valence-electron chi connectivity index (χ1n) is 6.01. The van der Waals surface area contributed by atoms with Gasteiger partial charge in [-0.05, 0) is 38.0 Å². The molecule has 3 aliphatic rings. The van der Waals surface area contributed by atoms with Crippen LogP contribution in [0.2, 0.25) is 0 Å². The summed E-state index contributed by atoms with van der Waals surface area (Å²) in [5.74, 6) is 2.79. The molecule has 3 aliphatic heterocycles. The minimum absolute atomic E-state index is 0.867. The zero-order valence-electron chi connectivity index (χ0n) is 8.74. The van der Waals surface area contributed by atoms with E-state index in [9.17, 15) is 0 Å². The topological polar surface area (TPSA) is 15.3 Å². The summed E-state index contributed by atoms with van der Waals surface area (Å²) >= 11 is 2.15. The van der Waals surface area contributed by atoms with Gasteiger partial charge in [0.1, 0.15) is 0 Å². The van der Waals surface area contributed by atoms with E-state index < -0.39 is 0 Å². The zero-order chi connectivity index (χ0) is 9.38. The summed E-state index contributed by atoms with van der Waals surface area (Å²) in [6.07, 6.45) is 5.74. The molecule has 2 nitrogen and oxygen atoms in total. The van der Waals surface area contributed by atoms with Gasteiger partial charge in [-0.15, -0.1) is 0 Å². The maximum Gasteiger partial charge on any atom is 0.0227 e. The van der Waals surface area contributed by atoms with Crippen molar-refractivity contribution in [2.45, 2.75) is 43.8 Å². The Balaban J connectivity index is 1.75. The van der Waals surface area contributed by atoms with Gasteiger partial charge in [0.15, 0.2) is 0 Å². The van der Waals surface area contributed by atoms with Crippen LogP contribution in [0.25, 0.3) is 0 Å². The summed E-state index contributed by atoms with van der Waals surface area (Å²) in [5.41, 5.74) is 0. The molecule has 0 spiro atoms. The molecule has 3 fully saturated rings. The van der Waals surface area contributed by atoms with Crippen LogP contribution < -0.4 is 5.32 Å². The minimum atomic E-state index is 0.867. The summed E-state index contributed by atoms with van der Waals surface area (Å²) in [7, 11) is 0. The van der Waals surface area contributed by atoms with Crippen molar-refractivity contribution in [3.05, 3.63) is 0 Å². The number of nitrogens with zero attached hydrogens (tertiary/aromatic N) is 1. The summed E-state index contributed by atoms with van der Waals surface area (Å²) in [4.78, 5) is 2.88. The van der Waals surface area contributed by atoms with Gasteiger partial charge in [0.2, 0.25) is 0 Å². The van der Waals surface area contributed by atoms with Crippen molar-refractivity contribution in [2.75, 3.05) is 24.6 Å². The molecule has 0 aromatic rings. The first kappa shape index (κ1) is 9.49. The Kier molecular flexibility index (Phi) is 2.73. The van der Waals surface area contributed by atoms with Gasteiger partial charge < -0.3 is 5.32 Å². The fourth-order valence-electron chi connectivity index (χ4n) is 3.37. The Labute approximate surface area is 90.8 Å². The Morgan fingerprint density at radius 2 is 1.93 bits per heavy atom. The van der Waals surface area contributed by atoms with Crippen molar-refractivity contribution in [3.63, 3.8) is 0 Å². The largest absolute Gasteiger partial charge is 0.315 e. The van der Waals surface area contributed by atoms with Crippen molar-refractivity contribution >= 4 is 11.8 Å². The molecule has 3 rings (SSSR count). The van der Waals surface area contributed by atoms with Crippen LogP contribution in [0.3, 0.4) is 0 Å². The van der Waals surface area contributed by atoms with Crippen LogP contribution in [-0.2, 0) is 0 Å². The monoisotopic (exact) mass is 212 g/mol. The third kappa shape index (κ3) is 1.59. The lowest BCUT2D eigenvalue weighted by Crippen LogP contribution is -2.45. The second kappa shape index (κ2) is 4.03. The highest BCUT2D eigenvalue weighted by atomic mass is 32.2. The lowest BCUT2D eigenvalue weighted by molar-refractivity contribution is 0.150. The Morgan fingerprint density at radius 1 is 1.00 bits per heavy atom. The smallest absolute Gasteiger partial charge is 0.0227 e. The standard InChI is InChI=1S/C11H20N2S/c1-2-10-7-12-5-3-9(1)13(10)11-4-6-14-8-11/h9-12H,1-8H2. The summed E-state index contributed by atoms with van der Waals surface area (Å²) < 4.78 is 0. The highest BCUT2D eigenvalue weighted by Crippen LogP contribution is 2.34. The molecule has 80 valence electrons. The number of fused-ring (bicyclic) bond motifs is 2. The summed E-state index contributed by atoms with van der Waals surface area (Å²) in [5, 5.41) is 3.58. The van der Waals surface area contributed by atoms with Gasteiger partial charge in [0.25, 0.3) is 0 Å². The molecule has 0 aliphatic carbocycles. The van der Waals surface area contributed by atoms with Crippen molar-refractivity contribution < 1.29 is 0 Å². The highest BCUT2D eigenvalue weighted by Gasteiger charge is 2.39. The predicted octanol–water partition coefficient (Wildman–Crippen LogP) is 1.32. The molecule has 3 saturated heterocycles. The van der Waals surface area contributed by atoms with Crippen LogP contribution in [0, 0.1) is 0 Å². The summed E-state index contributed by atoms with van der Waals surface area (Å²) in [6.45, 7) is 2.50. The van der Waals surface area contributed by atoms with Crippen LogP contribution in [0.15, 0.2) is 0 Å². The third-order valence-corrected chi connectivity index (χ3v) is 5.18. The van der Waals surface area contributed by atoms with Gasteiger partial charge in [-0.25, -0.2) is 0 Å². The lowest BCUT2D eigenvalue weighted by atomic mass is 10.1. The van der Waals surface area contributed by atoms with Crippen LogP contribution in [0.1, 0.15) is 25.7 Å². The van der Waals surface area contributed by atoms with E-state index in [1.54, 1.807) is 0 Å². The molecule has 0 amide bonds. The molecular formula is C11H20N2S.